The molecule has 1 unspecified atom stereocenters. The molecule has 3 rings (SSSR count). The summed E-state index contributed by atoms with van der Waals surface area (Å²) < 4.78 is 13.4. The molecule has 1 N–H and O–H groups in total. The van der Waals surface area contributed by atoms with Gasteiger partial charge in [-0.2, -0.15) is 0 Å². The van der Waals surface area contributed by atoms with Gasteiger partial charge in [-0.05, 0) is 36.5 Å². The fourth-order valence-electron chi connectivity index (χ4n) is 4.33. The van der Waals surface area contributed by atoms with Gasteiger partial charge in [0.15, 0.2) is 0 Å². The second-order valence-corrected chi connectivity index (χ2v) is 8.08. The maximum Gasteiger partial charge on any atom is 0.224 e. The molecule has 1 aromatic carbocycles. The van der Waals surface area contributed by atoms with E-state index in [1.54, 1.807) is 11.0 Å². The van der Waals surface area contributed by atoms with Crippen molar-refractivity contribution >= 4 is 11.8 Å². The second kappa shape index (κ2) is 9.86. The first-order valence-electron chi connectivity index (χ1n) is 10.4. The van der Waals surface area contributed by atoms with Gasteiger partial charge < -0.3 is 10.2 Å². The molecule has 148 valence electrons. The molecule has 2 fully saturated rings. The highest BCUT2D eigenvalue weighted by Gasteiger charge is 2.30. The van der Waals surface area contributed by atoms with E-state index in [-0.39, 0.29) is 23.5 Å². The largest absolute Gasteiger partial charge is 0.356 e. The Bertz CT molecular complexity index is 641. The first kappa shape index (κ1) is 19.8. The Morgan fingerprint density at radius 3 is 2.67 bits per heavy atom. The van der Waals surface area contributed by atoms with Crippen LogP contribution in [0.25, 0.3) is 0 Å². The van der Waals surface area contributed by atoms with Crippen LogP contribution < -0.4 is 5.32 Å². The van der Waals surface area contributed by atoms with Crippen LogP contribution in [-0.2, 0) is 16.1 Å². The summed E-state index contributed by atoms with van der Waals surface area (Å²) in [5, 5.41) is 3.09. The second-order valence-electron chi connectivity index (χ2n) is 8.08. The predicted molar refractivity (Wildman–Crippen MR) is 103 cm³/mol. The fraction of sp³-hybridized carbons (Fsp3) is 0.636. The number of rotatable bonds is 6. The zero-order valence-corrected chi connectivity index (χ0v) is 16.1. The van der Waals surface area contributed by atoms with Crippen molar-refractivity contribution in [3.63, 3.8) is 0 Å². The molecule has 5 heteroatoms. The highest BCUT2D eigenvalue weighted by atomic mass is 19.1. The van der Waals surface area contributed by atoms with Gasteiger partial charge in [-0.3, -0.25) is 9.59 Å². The summed E-state index contributed by atoms with van der Waals surface area (Å²) in [6, 6.07) is 6.30. The van der Waals surface area contributed by atoms with E-state index in [0.717, 1.165) is 24.4 Å². The molecule has 1 aliphatic heterocycles. The molecular weight excluding hydrogens is 343 g/mol. The van der Waals surface area contributed by atoms with Crippen molar-refractivity contribution < 1.29 is 14.0 Å². The maximum absolute atomic E-state index is 13.4. The van der Waals surface area contributed by atoms with Crippen LogP contribution in [0.5, 0.6) is 0 Å². The predicted octanol–water partition coefficient (Wildman–Crippen LogP) is 4.04. The number of nitrogens with one attached hydrogen (secondary N) is 1. The number of piperidine rings is 1. The van der Waals surface area contributed by atoms with Gasteiger partial charge in [0.25, 0.3) is 0 Å². The smallest absolute Gasteiger partial charge is 0.224 e. The van der Waals surface area contributed by atoms with Crippen molar-refractivity contribution in [1.29, 1.82) is 0 Å². The minimum Gasteiger partial charge on any atom is -0.356 e. The summed E-state index contributed by atoms with van der Waals surface area (Å²) in [5.74, 6) is 0.377. The Kier molecular flexibility index (Phi) is 7.25. The van der Waals surface area contributed by atoms with E-state index < -0.39 is 0 Å². The van der Waals surface area contributed by atoms with E-state index in [4.69, 9.17) is 0 Å². The molecule has 1 heterocycles. The Morgan fingerprint density at radius 2 is 1.93 bits per heavy atom. The van der Waals surface area contributed by atoms with Gasteiger partial charge >= 0.3 is 0 Å². The standard InChI is InChI=1S/C22H31FN2O2/c23-20-9-5-8-18(14-20)15-25-16-19(10-11-21(25)26)22(27)24-13-12-17-6-3-1-2-4-7-17/h5,8-9,14,17,19H,1-4,6-7,10-13,15-16H2,(H,24,27). The molecule has 0 bridgehead atoms. The molecule has 0 aromatic heterocycles. The average Bonchev–Trinajstić information content (AvgIpc) is 2.92. The van der Waals surface area contributed by atoms with Gasteiger partial charge in [-0.15, -0.1) is 0 Å². The highest BCUT2D eigenvalue weighted by Crippen LogP contribution is 2.25. The topological polar surface area (TPSA) is 49.4 Å². The molecule has 1 aromatic rings. The van der Waals surface area contributed by atoms with Gasteiger partial charge in [0, 0.05) is 26.1 Å². The van der Waals surface area contributed by atoms with Crippen molar-refractivity contribution in [2.24, 2.45) is 11.8 Å². The Balaban J connectivity index is 1.46. The zero-order valence-electron chi connectivity index (χ0n) is 16.1. The number of hydrogen-bond acceptors (Lipinski definition) is 2. The van der Waals surface area contributed by atoms with Crippen molar-refractivity contribution in [2.75, 3.05) is 13.1 Å². The zero-order chi connectivity index (χ0) is 19.1. The van der Waals surface area contributed by atoms with E-state index in [1.807, 2.05) is 6.07 Å². The number of likely N-dealkylation sites (tertiary alicyclic amines) is 1. The van der Waals surface area contributed by atoms with Crippen LogP contribution in [0.3, 0.4) is 0 Å². The summed E-state index contributed by atoms with van der Waals surface area (Å²) in [6.07, 6.45) is 9.95. The normalized spacial score (nSPS) is 21.7. The number of amides is 2. The summed E-state index contributed by atoms with van der Waals surface area (Å²) in [7, 11) is 0. The molecule has 2 aliphatic rings. The van der Waals surface area contributed by atoms with Crippen LogP contribution in [0.1, 0.15) is 63.4 Å². The van der Waals surface area contributed by atoms with Gasteiger partial charge in [0.05, 0.1) is 5.92 Å². The van der Waals surface area contributed by atoms with Crippen molar-refractivity contribution in [3.05, 3.63) is 35.6 Å². The van der Waals surface area contributed by atoms with E-state index in [9.17, 15) is 14.0 Å². The lowest BCUT2D eigenvalue weighted by atomic mass is 9.95. The summed E-state index contributed by atoms with van der Waals surface area (Å²) in [6.45, 7) is 1.52. The maximum atomic E-state index is 13.4. The van der Waals surface area contributed by atoms with Gasteiger partial charge in [0.2, 0.25) is 11.8 Å². The molecular formula is C22H31FN2O2. The Hall–Kier alpha value is -1.91. The van der Waals surface area contributed by atoms with Crippen molar-refractivity contribution in [1.82, 2.24) is 10.2 Å². The molecule has 27 heavy (non-hydrogen) atoms. The first-order chi connectivity index (χ1) is 13.1. The van der Waals surface area contributed by atoms with Gasteiger partial charge in [-0.1, -0.05) is 50.7 Å². The molecule has 1 aliphatic carbocycles. The van der Waals surface area contributed by atoms with Crippen LogP contribution >= 0.6 is 0 Å². The third-order valence-corrected chi connectivity index (χ3v) is 5.96. The lowest BCUT2D eigenvalue weighted by molar-refractivity contribution is -0.138. The van der Waals surface area contributed by atoms with E-state index >= 15 is 0 Å². The molecule has 1 atom stereocenters. The summed E-state index contributed by atoms with van der Waals surface area (Å²) >= 11 is 0. The van der Waals surface area contributed by atoms with Crippen molar-refractivity contribution in [3.8, 4) is 0 Å². The number of hydrogen-bond donors (Lipinski definition) is 1. The number of halogens is 1. The third kappa shape index (κ3) is 6.05. The number of carbonyl (C=O) groups excluding carboxylic acids is 2. The molecule has 1 saturated heterocycles. The van der Waals surface area contributed by atoms with Crippen LogP contribution in [-0.4, -0.2) is 29.8 Å². The van der Waals surface area contributed by atoms with Crippen LogP contribution in [0.2, 0.25) is 0 Å². The molecule has 1 saturated carbocycles. The van der Waals surface area contributed by atoms with Crippen LogP contribution in [0, 0.1) is 17.7 Å². The number of nitrogens with zero attached hydrogens (tertiary/aromatic N) is 1. The van der Waals surface area contributed by atoms with Crippen LogP contribution in [0.15, 0.2) is 24.3 Å². The highest BCUT2D eigenvalue weighted by molar-refractivity contribution is 5.83. The fourth-order valence-corrected chi connectivity index (χ4v) is 4.33. The van der Waals surface area contributed by atoms with Crippen molar-refractivity contribution in [2.45, 2.75) is 64.3 Å². The lowest BCUT2D eigenvalue weighted by Crippen LogP contribution is -2.45. The molecule has 2 amide bonds. The SMILES string of the molecule is O=C(NCCC1CCCCCC1)C1CCC(=O)N(Cc2cccc(F)c2)C1. The minimum atomic E-state index is -0.301. The lowest BCUT2D eigenvalue weighted by Gasteiger charge is -2.32. The van der Waals surface area contributed by atoms with E-state index in [1.165, 1.54) is 50.7 Å². The van der Waals surface area contributed by atoms with Gasteiger partial charge in [-0.25, -0.2) is 4.39 Å². The van der Waals surface area contributed by atoms with Crippen LogP contribution in [0.4, 0.5) is 4.39 Å². The first-order valence-corrected chi connectivity index (χ1v) is 10.4. The third-order valence-electron chi connectivity index (χ3n) is 5.96. The Morgan fingerprint density at radius 1 is 1.15 bits per heavy atom. The minimum absolute atomic E-state index is 0.0433. The molecule has 0 spiro atoms. The number of carbonyl (C=O) groups is 2. The average molecular weight is 375 g/mol. The monoisotopic (exact) mass is 374 g/mol. The molecule has 4 nitrogen and oxygen atoms in total. The van der Waals surface area contributed by atoms with E-state index in [2.05, 4.69) is 5.32 Å². The summed E-state index contributed by atoms with van der Waals surface area (Å²) in [4.78, 5) is 26.5. The number of benzene rings is 1. The quantitative estimate of drug-likeness (QED) is 0.764. The van der Waals surface area contributed by atoms with E-state index in [0.29, 0.717) is 25.9 Å². The van der Waals surface area contributed by atoms with Gasteiger partial charge in [0.1, 0.15) is 5.82 Å². The molecule has 0 radical (unpaired) electrons. The Labute approximate surface area is 161 Å². The summed E-state index contributed by atoms with van der Waals surface area (Å²) in [5.41, 5.74) is 0.762.